The molecule has 0 spiro atoms. The van der Waals surface area contributed by atoms with E-state index in [1.165, 1.54) is 0 Å². The Bertz CT molecular complexity index is 964. The number of nitrogens with zero attached hydrogens (tertiary/aromatic N) is 2. The maximum absolute atomic E-state index is 12.9. The van der Waals surface area contributed by atoms with Crippen molar-refractivity contribution < 1.29 is 14.3 Å². The molecule has 7 nitrogen and oxygen atoms in total. The fourth-order valence-electron chi connectivity index (χ4n) is 3.45. The Morgan fingerprint density at radius 3 is 2.69 bits per heavy atom. The number of fused-ring (bicyclic) bond motifs is 2. The lowest BCUT2D eigenvalue weighted by Crippen LogP contribution is -2.37. The summed E-state index contributed by atoms with van der Waals surface area (Å²) >= 11 is 0. The minimum Gasteiger partial charge on any atom is -0.449 e. The van der Waals surface area contributed by atoms with E-state index < -0.39 is 12.1 Å². The molecule has 1 aliphatic rings. The average molecular weight is 399 g/mol. The molecule has 0 radical (unpaired) electrons. The first-order valence-electron chi connectivity index (χ1n) is 10.4. The number of aromatic nitrogens is 2. The zero-order valence-electron chi connectivity index (χ0n) is 17.4. The fraction of sp³-hybridized carbons (Fsp3) is 0.545. The lowest BCUT2D eigenvalue weighted by molar-refractivity contribution is -0.129. The highest BCUT2D eigenvalue weighted by atomic mass is 16.5. The molecular formula is C22H29N3O4. The average Bonchev–Trinajstić information content (AvgIpc) is 2.67. The van der Waals surface area contributed by atoms with Gasteiger partial charge in [0.25, 0.3) is 11.5 Å². The van der Waals surface area contributed by atoms with Gasteiger partial charge in [-0.2, -0.15) is 0 Å². The summed E-state index contributed by atoms with van der Waals surface area (Å²) < 4.78 is 7.06. The number of benzene rings is 1. The molecule has 1 aromatic heterocycles. The molecule has 0 bridgehead atoms. The van der Waals surface area contributed by atoms with Crippen LogP contribution in [-0.2, 0) is 22.5 Å². The van der Waals surface area contributed by atoms with E-state index in [1.807, 2.05) is 13.8 Å². The van der Waals surface area contributed by atoms with Crippen LogP contribution in [0, 0.1) is 5.92 Å². The van der Waals surface area contributed by atoms with Crippen molar-refractivity contribution >= 4 is 22.8 Å². The van der Waals surface area contributed by atoms with Gasteiger partial charge in [0, 0.05) is 19.5 Å². The van der Waals surface area contributed by atoms with Crippen LogP contribution in [-0.4, -0.2) is 34.1 Å². The largest absolute Gasteiger partial charge is 0.449 e. The fourth-order valence-corrected chi connectivity index (χ4v) is 3.45. The number of aryl methyl sites for hydroxylation is 1. The van der Waals surface area contributed by atoms with Gasteiger partial charge in [0.05, 0.1) is 16.5 Å². The summed E-state index contributed by atoms with van der Waals surface area (Å²) in [5.74, 6) is 0.152. The number of nitrogens with one attached hydrogen (secondary N) is 1. The zero-order chi connectivity index (χ0) is 21.0. The number of ether oxygens (including phenoxy) is 1. The van der Waals surface area contributed by atoms with Crippen molar-refractivity contribution in [2.45, 2.75) is 65.5 Å². The minimum atomic E-state index is -0.897. The summed E-state index contributed by atoms with van der Waals surface area (Å²) in [7, 11) is 0. The van der Waals surface area contributed by atoms with Gasteiger partial charge in [-0.05, 0) is 43.9 Å². The highest BCUT2D eigenvalue weighted by Crippen LogP contribution is 2.17. The Kier molecular flexibility index (Phi) is 6.67. The lowest BCUT2D eigenvalue weighted by atomic mass is 10.1. The van der Waals surface area contributed by atoms with Crippen LogP contribution in [0.2, 0.25) is 0 Å². The van der Waals surface area contributed by atoms with E-state index in [9.17, 15) is 14.4 Å². The number of hydrogen-bond acceptors (Lipinski definition) is 5. The molecule has 156 valence electrons. The SMILES string of the molecule is CC(C)CNC(=O)[C@@H](C)OC(=O)c1ccc2c(=O)n3c(nc2c1)CCCCCC3. The van der Waals surface area contributed by atoms with E-state index in [-0.39, 0.29) is 17.0 Å². The second-order valence-corrected chi connectivity index (χ2v) is 8.07. The van der Waals surface area contributed by atoms with E-state index >= 15 is 0 Å². The van der Waals surface area contributed by atoms with E-state index in [0.29, 0.717) is 29.9 Å². The van der Waals surface area contributed by atoms with Crippen molar-refractivity contribution in [2.24, 2.45) is 5.92 Å². The molecule has 1 amide bonds. The van der Waals surface area contributed by atoms with Crippen molar-refractivity contribution in [1.82, 2.24) is 14.9 Å². The summed E-state index contributed by atoms with van der Waals surface area (Å²) in [6.07, 6.45) is 4.09. The van der Waals surface area contributed by atoms with Crippen molar-refractivity contribution in [3.63, 3.8) is 0 Å². The van der Waals surface area contributed by atoms with Crippen molar-refractivity contribution in [1.29, 1.82) is 0 Å². The number of esters is 1. The molecule has 0 unspecified atom stereocenters. The van der Waals surface area contributed by atoms with Crippen LogP contribution in [0.25, 0.3) is 10.9 Å². The molecule has 0 saturated heterocycles. The number of carbonyl (C=O) groups is 2. The molecular weight excluding hydrogens is 370 g/mol. The molecule has 2 heterocycles. The second kappa shape index (κ2) is 9.20. The molecule has 29 heavy (non-hydrogen) atoms. The predicted molar refractivity (Wildman–Crippen MR) is 111 cm³/mol. The Morgan fingerprint density at radius 2 is 1.93 bits per heavy atom. The molecule has 1 atom stereocenters. The van der Waals surface area contributed by atoms with Gasteiger partial charge in [-0.15, -0.1) is 0 Å². The van der Waals surface area contributed by atoms with E-state index in [4.69, 9.17) is 4.74 Å². The topological polar surface area (TPSA) is 90.3 Å². The zero-order valence-corrected chi connectivity index (χ0v) is 17.4. The maximum atomic E-state index is 12.9. The maximum Gasteiger partial charge on any atom is 0.338 e. The van der Waals surface area contributed by atoms with Crippen molar-refractivity contribution in [3.8, 4) is 0 Å². The first-order chi connectivity index (χ1) is 13.9. The second-order valence-electron chi connectivity index (χ2n) is 8.07. The third kappa shape index (κ3) is 5.02. The Morgan fingerprint density at radius 1 is 1.17 bits per heavy atom. The number of hydrogen-bond donors (Lipinski definition) is 1. The number of carbonyl (C=O) groups excluding carboxylic acids is 2. The molecule has 0 aliphatic carbocycles. The molecule has 1 aliphatic heterocycles. The van der Waals surface area contributed by atoms with Gasteiger partial charge in [-0.3, -0.25) is 14.2 Å². The van der Waals surface area contributed by atoms with Crippen LogP contribution in [0.3, 0.4) is 0 Å². The van der Waals surface area contributed by atoms with Gasteiger partial charge >= 0.3 is 5.97 Å². The van der Waals surface area contributed by atoms with Gasteiger partial charge < -0.3 is 10.1 Å². The van der Waals surface area contributed by atoms with Crippen LogP contribution in [0.5, 0.6) is 0 Å². The van der Waals surface area contributed by atoms with Crippen LogP contribution in [0.1, 0.15) is 62.6 Å². The van der Waals surface area contributed by atoms with Crippen molar-refractivity contribution in [2.75, 3.05) is 6.54 Å². The van der Waals surface area contributed by atoms with E-state index in [1.54, 1.807) is 29.7 Å². The molecule has 0 fully saturated rings. The number of amides is 1. The van der Waals surface area contributed by atoms with Crippen LogP contribution in [0.4, 0.5) is 0 Å². The third-order valence-corrected chi connectivity index (χ3v) is 5.14. The van der Waals surface area contributed by atoms with Gasteiger partial charge in [0.1, 0.15) is 5.82 Å². The smallest absolute Gasteiger partial charge is 0.338 e. The summed E-state index contributed by atoms with van der Waals surface area (Å²) in [6, 6.07) is 4.76. The van der Waals surface area contributed by atoms with E-state index in [2.05, 4.69) is 10.3 Å². The quantitative estimate of drug-likeness (QED) is 0.781. The Labute approximate surface area is 170 Å². The Balaban J connectivity index is 1.81. The molecule has 7 heteroatoms. The minimum absolute atomic E-state index is 0.0618. The van der Waals surface area contributed by atoms with E-state index in [0.717, 1.165) is 37.9 Å². The Hall–Kier alpha value is -2.70. The number of rotatable bonds is 5. The lowest BCUT2D eigenvalue weighted by Gasteiger charge is -2.17. The van der Waals surface area contributed by atoms with Gasteiger partial charge in [0.2, 0.25) is 0 Å². The molecule has 3 rings (SSSR count). The van der Waals surface area contributed by atoms with Crippen LogP contribution in [0.15, 0.2) is 23.0 Å². The molecule has 1 N–H and O–H groups in total. The van der Waals surface area contributed by atoms with Crippen LogP contribution >= 0.6 is 0 Å². The van der Waals surface area contributed by atoms with Gasteiger partial charge in [-0.1, -0.05) is 26.7 Å². The first kappa shape index (κ1) is 21.0. The standard InChI is InChI=1S/C22H29N3O4/c1-14(2)13-23-20(26)15(3)29-22(28)16-9-10-17-18(12-16)24-19-8-6-4-5-7-11-25(19)21(17)27/h9-10,12,14-15H,4-8,11,13H2,1-3H3,(H,23,26)/t15-/m1/s1. The molecule has 1 aromatic carbocycles. The summed E-state index contributed by atoms with van der Waals surface area (Å²) in [5.41, 5.74) is 0.713. The summed E-state index contributed by atoms with van der Waals surface area (Å²) in [4.78, 5) is 42.1. The van der Waals surface area contributed by atoms with Gasteiger partial charge in [-0.25, -0.2) is 9.78 Å². The summed E-state index contributed by atoms with van der Waals surface area (Å²) in [6.45, 7) is 6.73. The van der Waals surface area contributed by atoms with Gasteiger partial charge in [0.15, 0.2) is 6.10 Å². The molecule has 2 aromatic rings. The predicted octanol–water partition coefficient (Wildman–Crippen LogP) is 2.83. The van der Waals surface area contributed by atoms with Crippen molar-refractivity contribution in [3.05, 3.63) is 39.9 Å². The normalized spacial score (nSPS) is 15.3. The monoisotopic (exact) mass is 399 g/mol. The highest BCUT2D eigenvalue weighted by molar-refractivity contribution is 5.95. The summed E-state index contributed by atoms with van der Waals surface area (Å²) in [5, 5.41) is 3.24. The third-order valence-electron chi connectivity index (χ3n) is 5.14. The highest BCUT2D eigenvalue weighted by Gasteiger charge is 2.20. The van der Waals surface area contributed by atoms with Crippen LogP contribution < -0.4 is 10.9 Å². The molecule has 0 saturated carbocycles. The first-order valence-corrected chi connectivity index (χ1v) is 10.4.